The van der Waals surface area contributed by atoms with Crippen molar-refractivity contribution in [1.82, 2.24) is 0 Å². The van der Waals surface area contributed by atoms with Gasteiger partial charge in [-0.1, -0.05) is 30.3 Å². The molecule has 1 fully saturated rings. The van der Waals surface area contributed by atoms with Crippen molar-refractivity contribution >= 4 is 23.1 Å². The van der Waals surface area contributed by atoms with E-state index in [0.29, 0.717) is 41.5 Å². The molecule has 1 heterocycles. The first-order chi connectivity index (χ1) is 15.5. The Balaban J connectivity index is 1.83. The predicted molar refractivity (Wildman–Crippen MR) is 124 cm³/mol. The molecule has 1 aliphatic carbocycles. The number of aliphatic imine (C=N–C) groups is 1. The lowest BCUT2D eigenvalue weighted by atomic mass is 9.69. The summed E-state index contributed by atoms with van der Waals surface area (Å²) in [5, 5.41) is 2.98. The van der Waals surface area contributed by atoms with Gasteiger partial charge in [-0.2, -0.15) is 0 Å². The molecule has 0 spiro atoms. The van der Waals surface area contributed by atoms with E-state index in [1.807, 2.05) is 50.2 Å². The van der Waals surface area contributed by atoms with Gasteiger partial charge in [0.2, 0.25) is 0 Å². The number of rotatable bonds is 6. The first-order valence-electron chi connectivity index (χ1n) is 11.0. The molecule has 0 saturated heterocycles. The fraction of sp³-hybridized carbons (Fsp3) is 0.346. The van der Waals surface area contributed by atoms with Crippen molar-refractivity contribution in [2.24, 2.45) is 10.9 Å². The summed E-state index contributed by atoms with van der Waals surface area (Å²) in [4.78, 5) is 31.5. The highest BCUT2D eigenvalue weighted by molar-refractivity contribution is 6.14. The van der Waals surface area contributed by atoms with E-state index in [1.54, 1.807) is 19.2 Å². The van der Waals surface area contributed by atoms with Gasteiger partial charge in [0, 0.05) is 34.9 Å². The first-order valence-corrected chi connectivity index (χ1v) is 11.0. The maximum atomic E-state index is 13.6. The third-order valence-corrected chi connectivity index (χ3v) is 6.06. The number of carbonyl (C=O) groups excluding carboxylic acids is 2. The van der Waals surface area contributed by atoms with Crippen molar-refractivity contribution in [2.75, 3.05) is 19.0 Å². The van der Waals surface area contributed by atoms with E-state index in [0.717, 1.165) is 24.1 Å². The number of methoxy groups -OCH3 is 1. The van der Waals surface area contributed by atoms with E-state index in [-0.39, 0.29) is 11.7 Å². The molecule has 0 bridgehead atoms. The number of ketones is 1. The van der Waals surface area contributed by atoms with Crippen LogP contribution in [0.2, 0.25) is 0 Å². The van der Waals surface area contributed by atoms with Crippen LogP contribution in [0.1, 0.15) is 44.6 Å². The number of benzene rings is 2. The molecule has 2 aliphatic rings. The van der Waals surface area contributed by atoms with Crippen molar-refractivity contribution in [3.8, 4) is 11.5 Å². The van der Waals surface area contributed by atoms with Gasteiger partial charge in [0.05, 0.1) is 25.3 Å². The topological polar surface area (TPSA) is 77.0 Å². The van der Waals surface area contributed by atoms with Crippen LogP contribution in [0.15, 0.2) is 64.8 Å². The summed E-state index contributed by atoms with van der Waals surface area (Å²) in [6, 6.07) is 14.9. The van der Waals surface area contributed by atoms with Crippen LogP contribution >= 0.6 is 0 Å². The number of hydrogen-bond acceptors (Lipinski definition) is 5. The number of nitrogens with zero attached hydrogens (tertiary/aromatic N) is 1. The van der Waals surface area contributed by atoms with Crippen molar-refractivity contribution in [2.45, 2.75) is 39.0 Å². The number of anilines is 1. The Morgan fingerprint density at radius 3 is 2.53 bits per heavy atom. The summed E-state index contributed by atoms with van der Waals surface area (Å²) in [6.07, 6.45) is 2.06. The summed E-state index contributed by atoms with van der Waals surface area (Å²) in [5.74, 6) is 0.195. The van der Waals surface area contributed by atoms with E-state index < -0.39 is 11.8 Å². The minimum absolute atomic E-state index is 0.126. The van der Waals surface area contributed by atoms with Gasteiger partial charge in [-0.05, 0) is 44.9 Å². The number of fused-ring (bicyclic) bond motifs is 1. The van der Waals surface area contributed by atoms with Crippen LogP contribution in [-0.4, -0.2) is 31.1 Å². The van der Waals surface area contributed by atoms with E-state index in [2.05, 4.69) is 5.32 Å². The van der Waals surface area contributed by atoms with Crippen molar-refractivity contribution in [3.63, 3.8) is 0 Å². The number of carbonyl (C=O) groups is 2. The van der Waals surface area contributed by atoms with Crippen LogP contribution in [0.3, 0.4) is 0 Å². The van der Waals surface area contributed by atoms with Gasteiger partial charge >= 0.3 is 0 Å². The lowest BCUT2D eigenvalue weighted by Crippen LogP contribution is -2.39. The van der Waals surface area contributed by atoms with Crippen molar-refractivity contribution < 1.29 is 19.1 Å². The summed E-state index contributed by atoms with van der Waals surface area (Å²) < 4.78 is 11.3. The SMILES string of the molecule is CCOc1ccccc1[C@H]1C(C(=O)Nc2ccccc2OC)=C(C)N=C2CCCC(=O)C21. The maximum absolute atomic E-state index is 13.6. The van der Waals surface area contributed by atoms with Gasteiger partial charge in [0.25, 0.3) is 5.91 Å². The van der Waals surface area contributed by atoms with E-state index >= 15 is 0 Å². The number of amides is 1. The van der Waals surface area contributed by atoms with Gasteiger partial charge in [-0.3, -0.25) is 14.6 Å². The third kappa shape index (κ3) is 4.05. The normalized spacial score (nSPS) is 20.3. The molecule has 1 N–H and O–H groups in total. The number of nitrogens with one attached hydrogen (secondary N) is 1. The predicted octanol–water partition coefficient (Wildman–Crippen LogP) is 4.91. The zero-order chi connectivity index (χ0) is 22.7. The number of para-hydroxylation sites is 3. The second-order valence-corrected chi connectivity index (χ2v) is 8.00. The molecule has 2 aromatic rings. The monoisotopic (exact) mass is 432 g/mol. The zero-order valence-corrected chi connectivity index (χ0v) is 18.7. The largest absolute Gasteiger partial charge is 0.495 e. The zero-order valence-electron chi connectivity index (χ0n) is 18.7. The second kappa shape index (κ2) is 9.39. The van der Waals surface area contributed by atoms with Crippen LogP contribution in [0, 0.1) is 5.92 Å². The number of ether oxygens (including phenoxy) is 2. The van der Waals surface area contributed by atoms with E-state index in [4.69, 9.17) is 14.5 Å². The van der Waals surface area contributed by atoms with Crippen LogP contribution in [0.5, 0.6) is 11.5 Å². The fourth-order valence-corrected chi connectivity index (χ4v) is 4.71. The van der Waals surface area contributed by atoms with Gasteiger partial charge < -0.3 is 14.8 Å². The highest BCUT2D eigenvalue weighted by Crippen LogP contribution is 2.45. The third-order valence-electron chi connectivity index (χ3n) is 6.06. The van der Waals surface area contributed by atoms with Crippen molar-refractivity contribution in [1.29, 1.82) is 0 Å². The molecule has 6 nitrogen and oxygen atoms in total. The molecule has 2 atom stereocenters. The molecule has 1 saturated carbocycles. The van der Waals surface area contributed by atoms with Crippen LogP contribution in [0.25, 0.3) is 0 Å². The molecule has 4 rings (SSSR count). The van der Waals surface area contributed by atoms with Crippen LogP contribution < -0.4 is 14.8 Å². The minimum Gasteiger partial charge on any atom is -0.495 e. The fourth-order valence-electron chi connectivity index (χ4n) is 4.71. The number of hydrogen-bond donors (Lipinski definition) is 1. The summed E-state index contributed by atoms with van der Waals surface area (Å²) >= 11 is 0. The molecule has 6 heteroatoms. The highest BCUT2D eigenvalue weighted by atomic mass is 16.5. The van der Waals surface area contributed by atoms with Gasteiger partial charge in [-0.25, -0.2) is 0 Å². The Bertz CT molecular complexity index is 1100. The molecule has 0 radical (unpaired) electrons. The average Bonchev–Trinajstić information content (AvgIpc) is 2.79. The van der Waals surface area contributed by atoms with Crippen molar-refractivity contribution in [3.05, 3.63) is 65.4 Å². The molecule has 1 unspecified atom stereocenters. The second-order valence-electron chi connectivity index (χ2n) is 8.00. The van der Waals surface area contributed by atoms with Crippen LogP contribution in [-0.2, 0) is 9.59 Å². The Labute approximate surface area is 188 Å². The maximum Gasteiger partial charge on any atom is 0.254 e. The Morgan fingerprint density at radius 1 is 1.06 bits per heavy atom. The van der Waals surface area contributed by atoms with E-state index in [1.165, 1.54) is 0 Å². The van der Waals surface area contributed by atoms with Crippen LogP contribution in [0.4, 0.5) is 5.69 Å². The highest BCUT2D eigenvalue weighted by Gasteiger charge is 2.44. The first kappa shape index (κ1) is 21.8. The summed E-state index contributed by atoms with van der Waals surface area (Å²) in [6.45, 7) is 4.26. The number of Topliss-reactive ketones (excluding diaryl/α,β-unsaturated/α-hetero) is 1. The molecule has 1 aliphatic heterocycles. The molecule has 1 amide bonds. The smallest absolute Gasteiger partial charge is 0.254 e. The molecule has 0 aromatic heterocycles. The average molecular weight is 433 g/mol. The summed E-state index contributed by atoms with van der Waals surface area (Å²) in [5.41, 5.74) is 3.40. The Kier molecular flexibility index (Phi) is 6.40. The minimum atomic E-state index is -0.451. The lowest BCUT2D eigenvalue weighted by Gasteiger charge is -2.36. The Morgan fingerprint density at radius 2 is 1.78 bits per heavy atom. The van der Waals surface area contributed by atoms with Gasteiger partial charge in [-0.15, -0.1) is 0 Å². The number of allylic oxidation sites excluding steroid dienone is 1. The molecular weight excluding hydrogens is 404 g/mol. The van der Waals surface area contributed by atoms with Gasteiger partial charge in [0.1, 0.15) is 17.3 Å². The van der Waals surface area contributed by atoms with Gasteiger partial charge in [0.15, 0.2) is 0 Å². The van der Waals surface area contributed by atoms with E-state index in [9.17, 15) is 9.59 Å². The molecule has 32 heavy (non-hydrogen) atoms. The lowest BCUT2D eigenvalue weighted by molar-refractivity contribution is -0.122. The standard InChI is InChI=1S/C26H28N2O4/c1-4-32-21-14-7-5-10-17(21)24-23(16(2)27-19-12-9-13-20(29)25(19)24)26(30)28-18-11-6-8-15-22(18)31-3/h5-8,10-11,14-15,24-25H,4,9,12-13H2,1-3H3,(H,28,30)/t24-,25?/m0/s1. The molecule has 2 aromatic carbocycles. The summed E-state index contributed by atoms with van der Waals surface area (Å²) in [7, 11) is 1.56. The molecular formula is C26H28N2O4. The molecule has 166 valence electrons. The Hall–Kier alpha value is -3.41. The quantitative estimate of drug-likeness (QED) is 0.703.